The van der Waals surface area contributed by atoms with Crippen molar-refractivity contribution in [3.05, 3.63) is 59.1 Å². The van der Waals surface area contributed by atoms with Gasteiger partial charge in [-0.05, 0) is 44.2 Å². The van der Waals surface area contributed by atoms with Gasteiger partial charge in [-0.3, -0.25) is 9.59 Å². The van der Waals surface area contributed by atoms with Crippen LogP contribution in [0, 0.1) is 6.92 Å². The average Bonchev–Trinajstić information content (AvgIpc) is 3.11. The Morgan fingerprint density at radius 1 is 1.19 bits per heavy atom. The summed E-state index contributed by atoms with van der Waals surface area (Å²) in [6.45, 7) is 4.59. The van der Waals surface area contributed by atoms with Crippen LogP contribution >= 0.6 is 11.3 Å². The maximum absolute atomic E-state index is 12.9. The zero-order valence-corrected chi connectivity index (χ0v) is 15.5. The molecular formula is C20H19N3O2S. The van der Waals surface area contributed by atoms with E-state index in [1.165, 1.54) is 11.3 Å². The highest BCUT2D eigenvalue weighted by atomic mass is 32.1. The average molecular weight is 365 g/mol. The zero-order valence-electron chi connectivity index (χ0n) is 14.7. The molecule has 1 fully saturated rings. The number of nitrogens with zero attached hydrogens (tertiary/aromatic N) is 3. The number of hydrogen-bond acceptors (Lipinski definition) is 4. The molecule has 0 bridgehead atoms. The van der Waals surface area contributed by atoms with Crippen molar-refractivity contribution in [3.8, 4) is 0 Å². The van der Waals surface area contributed by atoms with Crippen LogP contribution in [0.2, 0.25) is 0 Å². The molecule has 1 saturated heterocycles. The van der Waals surface area contributed by atoms with Crippen molar-refractivity contribution in [3.63, 3.8) is 0 Å². The normalized spacial score (nSPS) is 17.8. The Hall–Kier alpha value is -2.73. The minimum atomic E-state index is -0.107. The molecule has 1 aliphatic rings. The van der Waals surface area contributed by atoms with Crippen molar-refractivity contribution in [1.82, 2.24) is 9.88 Å². The lowest BCUT2D eigenvalue weighted by atomic mass is 10.1. The monoisotopic (exact) mass is 365 g/mol. The fourth-order valence-corrected chi connectivity index (χ4v) is 3.97. The molecular weight excluding hydrogens is 346 g/mol. The minimum Gasteiger partial charge on any atom is -0.325 e. The van der Waals surface area contributed by atoms with Crippen LogP contribution in [0.15, 0.2) is 48.0 Å². The summed E-state index contributed by atoms with van der Waals surface area (Å²) in [6.07, 6.45) is 0. The third-order valence-electron chi connectivity index (χ3n) is 4.77. The van der Waals surface area contributed by atoms with Crippen LogP contribution < -0.4 is 4.90 Å². The topological polar surface area (TPSA) is 53.5 Å². The Kier molecular flexibility index (Phi) is 4.20. The van der Waals surface area contributed by atoms with E-state index in [9.17, 15) is 9.59 Å². The smallest absolute Gasteiger partial charge is 0.254 e. The van der Waals surface area contributed by atoms with E-state index in [4.69, 9.17) is 0 Å². The van der Waals surface area contributed by atoms with Crippen LogP contribution in [-0.4, -0.2) is 40.8 Å². The molecule has 0 radical (unpaired) electrons. The summed E-state index contributed by atoms with van der Waals surface area (Å²) < 4.78 is 0.980. The van der Waals surface area contributed by atoms with Gasteiger partial charge in [-0.15, -0.1) is 11.3 Å². The molecule has 2 aromatic carbocycles. The summed E-state index contributed by atoms with van der Waals surface area (Å²) in [4.78, 5) is 33.3. The Morgan fingerprint density at radius 2 is 1.96 bits per heavy atom. The molecule has 1 aliphatic heterocycles. The standard InChI is InChI=1S/C20H19N3O2S/c1-13-3-6-16(7-4-13)23-10-14(2)22(11-19(23)24)20(25)15-5-8-17-18(9-15)26-12-21-17/h3-9,12,14H,10-11H2,1-2H3/t14-/m1/s1. The number of carbonyl (C=O) groups excluding carboxylic acids is 2. The fraction of sp³-hybridized carbons (Fsp3) is 0.250. The molecule has 4 rings (SSSR count). The van der Waals surface area contributed by atoms with Gasteiger partial charge in [0, 0.05) is 23.8 Å². The molecule has 2 heterocycles. The molecule has 0 aliphatic carbocycles. The number of aromatic nitrogens is 1. The summed E-state index contributed by atoms with van der Waals surface area (Å²) in [7, 11) is 0. The number of thiazole rings is 1. The van der Waals surface area contributed by atoms with E-state index in [1.807, 2.05) is 50.2 Å². The molecule has 5 nitrogen and oxygen atoms in total. The zero-order chi connectivity index (χ0) is 18.3. The molecule has 0 saturated carbocycles. The van der Waals surface area contributed by atoms with Gasteiger partial charge in [-0.25, -0.2) is 4.98 Å². The van der Waals surface area contributed by atoms with Gasteiger partial charge in [0.05, 0.1) is 15.7 Å². The van der Waals surface area contributed by atoms with E-state index in [1.54, 1.807) is 21.4 Å². The van der Waals surface area contributed by atoms with Crippen molar-refractivity contribution in [2.24, 2.45) is 0 Å². The SMILES string of the molecule is Cc1ccc(N2C[C@@H](C)N(C(=O)c3ccc4ncsc4c3)CC2=O)cc1. The third kappa shape index (κ3) is 2.97. The quantitative estimate of drug-likeness (QED) is 0.699. The summed E-state index contributed by atoms with van der Waals surface area (Å²) in [5.74, 6) is -0.163. The lowest BCUT2D eigenvalue weighted by Crippen LogP contribution is -2.57. The van der Waals surface area contributed by atoms with E-state index >= 15 is 0 Å². The molecule has 0 unspecified atom stereocenters. The van der Waals surface area contributed by atoms with Crippen LogP contribution in [0.4, 0.5) is 5.69 Å². The maximum Gasteiger partial charge on any atom is 0.254 e. The number of benzene rings is 2. The van der Waals surface area contributed by atoms with Gasteiger partial charge in [0.25, 0.3) is 5.91 Å². The lowest BCUT2D eigenvalue weighted by molar-refractivity contribution is -0.121. The van der Waals surface area contributed by atoms with Crippen LogP contribution in [0.3, 0.4) is 0 Å². The van der Waals surface area contributed by atoms with Gasteiger partial charge in [-0.2, -0.15) is 0 Å². The van der Waals surface area contributed by atoms with Gasteiger partial charge in [0.1, 0.15) is 6.54 Å². The minimum absolute atomic E-state index is 0.0563. The predicted octanol–water partition coefficient (Wildman–Crippen LogP) is 3.48. The Balaban J connectivity index is 1.56. The highest BCUT2D eigenvalue weighted by Crippen LogP contribution is 2.24. The van der Waals surface area contributed by atoms with Crippen LogP contribution in [0.25, 0.3) is 10.2 Å². The molecule has 132 valence electrons. The number of rotatable bonds is 2. The molecule has 0 N–H and O–H groups in total. The van der Waals surface area contributed by atoms with Gasteiger partial charge < -0.3 is 9.80 Å². The fourth-order valence-electron chi connectivity index (χ4n) is 3.25. The lowest BCUT2D eigenvalue weighted by Gasteiger charge is -2.39. The molecule has 3 aromatic rings. The second-order valence-electron chi connectivity index (χ2n) is 6.66. The van der Waals surface area contributed by atoms with Crippen molar-refractivity contribution < 1.29 is 9.59 Å². The molecule has 6 heteroatoms. The predicted molar refractivity (Wildman–Crippen MR) is 104 cm³/mol. The Labute approximate surface area is 155 Å². The van der Waals surface area contributed by atoms with E-state index in [-0.39, 0.29) is 24.4 Å². The van der Waals surface area contributed by atoms with Gasteiger partial charge in [0.15, 0.2) is 0 Å². The number of fused-ring (bicyclic) bond motifs is 1. The molecule has 0 spiro atoms. The van der Waals surface area contributed by atoms with Crippen molar-refractivity contribution in [1.29, 1.82) is 0 Å². The number of hydrogen-bond donors (Lipinski definition) is 0. The number of piperazine rings is 1. The second-order valence-corrected chi connectivity index (χ2v) is 7.54. The summed E-state index contributed by atoms with van der Waals surface area (Å²) in [6, 6.07) is 13.3. The molecule has 2 amide bonds. The van der Waals surface area contributed by atoms with Crippen LogP contribution in [0.1, 0.15) is 22.8 Å². The van der Waals surface area contributed by atoms with Gasteiger partial charge in [0.2, 0.25) is 5.91 Å². The van der Waals surface area contributed by atoms with Crippen LogP contribution in [-0.2, 0) is 4.79 Å². The van der Waals surface area contributed by atoms with E-state index in [0.717, 1.165) is 21.5 Å². The molecule has 1 aromatic heterocycles. The van der Waals surface area contributed by atoms with Gasteiger partial charge in [-0.1, -0.05) is 17.7 Å². The molecule has 26 heavy (non-hydrogen) atoms. The van der Waals surface area contributed by atoms with Crippen LogP contribution in [0.5, 0.6) is 0 Å². The first-order chi connectivity index (χ1) is 12.5. The first-order valence-corrected chi connectivity index (χ1v) is 9.42. The van der Waals surface area contributed by atoms with E-state index in [2.05, 4.69) is 4.98 Å². The second kappa shape index (κ2) is 6.53. The maximum atomic E-state index is 12.9. The van der Waals surface area contributed by atoms with E-state index in [0.29, 0.717) is 12.1 Å². The number of anilines is 1. The van der Waals surface area contributed by atoms with Crippen molar-refractivity contribution in [2.75, 3.05) is 18.0 Å². The Morgan fingerprint density at radius 3 is 2.73 bits per heavy atom. The third-order valence-corrected chi connectivity index (χ3v) is 5.56. The summed E-state index contributed by atoms with van der Waals surface area (Å²) in [5.41, 5.74) is 5.29. The molecule has 1 atom stereocenters. The summed E-state index contributed by atoms with van der Waals surface area (Å²) in [5, 5.41) is 0. The summed E-state index contributed by atoms with van der Waals surface area (Å²) >= 11 is 1.51. The highest BCUT2D eigenvalue weighted by molar-refractivity contribution is 7.16. The largest absolute Gasteiger partial charge is 0.325 e. The van der Waals surface area contributed by atoms with Gasteiger partial charge >= 0.3 is 0 Å². The first kappa shape index (κ1) is 16.7. The number of carbonyl (C=O) groups is 2. The Bertz CT molecular complexity index is 980. The van der Waals surface area contributed by atoms with Crippen molar-refractivity contribution in [2.45, 2.75) is 19.9 Å². The number of aryl methyl sites for hydroxylation is 1. The van der Waals surface area contributed by atoms with Crippen molar-refractivity contribution >= 4 is 39.1 Å². The number of amides is 2. The highest BCUT2D eigenvalue weighted by Gasteiger charge is 2.33. The first-order valence-electron chi connectivity index (χ1n) is 8.54. The van der Waals surface area contributed by atoms with E-state index < -0.39 is 0 Å².